The molecular formula is C12H21N3O2S. The molecule has 1 atom stereocenters. The van der Waals surface area contributed by atoms with Crippen LogP contribution in [0.15, 0.2) is 12.5 Å². The standard InChI is InChI=1S/C12H21N3O2S/c1-3-5-15-9-14-6-10(15)7-18-8-11(13)12(16)17-4-2/h6,9,11H,3-5,7-8,13H2,1-2H3. The third-order valence-electron chi connectivity index (χ3n) is 2.40. The first kappa shape index (κ1) is 15.0. The quantitative estimate of drug-likeness (QED) is 0.724. The fraction of sp³-hybridized carbons (Fsp3) is 0.667. The smallest absolute Gasteiger partial charge is 0.323 e. The van der Waals surface area contributed by atoms with Gasteiger partial charge in [-0.2, -0.15) is 11.8 Å². The van der Waals surface area contributed by atoms with E-state index in [0.717, 1.165) is 24.4 Å². The summed E-state index contributed by atoms with van der Waals surface area (Å²) in [6, 6.07) is -0.544. The van der Waals surface area contributed by atoms with E-state index in [-0.39, 0.29) is 5.97 Å². The Morgan fingerprint density at radius 3 is 3.06 bits per heavy atom. The molecule has 0 saturated carbocycles. The monoisotopic (exact) mass is 271 g/mol. The van der Waals surface area contributed by atoms with Crippen LogP contribution in [0.25, 0.3) is 0 Å². The van der Waals surface area contributed by atoms with Crippen molar-refractivity contribution in [2.75, 3.05) is 12.4 Å². The van der Waals surface area contributed by atoms with Gasteiger partial charge in [-0.1, -0.05) is 6.92 Å². The molecule has 0 fully saturated rings. The van der Waals surface area contributed by atoms with Gasteiger partial charge in [0.1, 0.15) is 6.04 Å². The number of carbonyl (C=O) groups excluding carboxylic acids is 1. The third-order valence-corrected chi connectivity index (χ3v) is 3.49. The molecule has 0 bridgehead atoms. The van der Waals surface area contributed by atoms with Crippen LogP contribution in [0, 0.1) is 0 Å². The van der Waals surface area contributed by atoms with Gasteiger partial charge in [0.05, 0.1) is 12.9 Å². The number of ether oxygens (including phenoxy) is 1. The van der Waals surface area contributed by atoms with E-state index in [0.29, 0.717) is 12.4 Å². The van der Waals surface area contributed by atoms with E-state index in [1.165, 1.54) is 0 Å². The molecule has 1 rings (SSSR count). The first-order chi connectivity index (χ1) is 8.69. The van der Waals surface area contributed by atoms with Crippen LogP contribution >= 0.6 is 11.8 Å². The Hall–Kier alpha value is -1.01. The van der Waals surface area contributed by atoms with Gasteiger partial charge in [-0.3, -0.25) is 4.79 Å². The molecule has 5 nitrogen and oxygen atoms in total. The van der Waals surface area contributed by atoms with Gasteiger partial charge in [0.15, 0.2) is 0 Å². The molecule has 6 heteroatoms. The average molecular weight is 271 g/mol. The van der Waals surface area contributed by atoms with E-state index in [1.807, 2.05) is 12.5 Å². The predicted molar refractivity (Wildman–Crippen MR) is 73.3 cm³/mol. The number of esters is 1. The van der Waals surface area contributed by atoms with Crippen LogP contribution in [0.5, 0.6) is 0 Å². The van der Waals surface area contributed by atoms with Crippen molar-refractivity contribution in [3.05, 3.63) is 18.2 Å². The number of nitrogens with two attached hydrogens (primary N) is 1. The topological polar surface area (TPSA) is 70.1 Å². The van der Waals surface area contributed by atoms with Crippen LogP contribution in [0.1, 0.15) is 26.0 Å². The zero-order valence-electron chi connectivity index (χ0n) is 11.0. The van der Waals surface area contributed by atoms with E-state index in [1.54, 1.807) is 18.7 Å². The molecule has 0 aliphatic rings. The Morgan fingerprint density at radius 1 is 1.61 bits per heavy atom. The van der Waals surface area contributed by atoms with Crippen molar-refractivity contribution in [1.82, 2.24) is 9.55 Å². The molecule has 1 heterocycles. The summed E-state index contributed by atoms with van der Waals surface area (Å²) in [6.45, 7) is 5.26. The van der Waals surface area contributed by atoms with Gasteiger partial charge < -0.3 is 15.0 Å². The van der Waals surface area contributed by atoms with Crippen molar-refractivity contribution in [3.63, 3.8) is 0 Å². The summed E-state index contributed by atoms with van der Waals surface area (Å²) < 4.78 is 6.99. The number of imidazole rings is 1. The first-order valence-corrected chi connectivity index (χ1v) is 7.33. The van der Waals surface area contributed by atoms with Crippen LogP contribution in [0.3, 0.4) is 0 Å². The molecule has 0 radical (unpaired) electrons. The van der Waals surface area contributed by atoms with Crippen molar-refractivity contribution in [2.24, 2.45) is 5.73 Å². The maximum Gasteiger partial charge on any atom is 0.323 e. The van der Waals surface area contributed by atoms with Gasteiger partial charge >= 0.3 is 5.97 Å². The van der Waals surface area contributed by atoms with Gasteiger partial charge in [0.25, 0.3) is 0 Å². The van der Waals surface area contributed by atoms with Crippen LogP contribution in [0.2, 0.25) is 0 Å². The molecular weight excluding hydrogens is 250 g/mol. The molecule has 0 spiro atoms. The van der Waals surface area contributed by atoms with Crippen LogP contribution in [0.4, 0.5) is 0 Å². The van der Waals surface area contributed by atoms with Crippen molar-refractivity contribution < 1.29 is 9.53 Å². The zero-order valence-corrected chi connectivity index (χ0v) is 11.8. The molecule has 0 amide bonds. The lowest BCUT2D eigenvalue weighted by atomic mass is 10.4. The molecule has 0 aromatic carbocycles. The summed E-state index contributed by atoms with van der Waals surface area (Å²) in [5, 5.41) is 0. The second-order valence-corrected chi connectivity index (χ2v) is 4.98. The van der Waals surface area contributed by atoms with Crippen molar-refractivity contribution in [2.45, 2.75) is 38.6 Å². The lowest BCUT2D eigenvalue weighted by molar-refractivity contribution is -0.144. The highest BCUT2D eigenvalue weighted by molar-refractivity contribution is 7.98. The van der Waals surface area contributed by atoms with E-state index < -0.39 is 6.04 Å². The first-order valence-electron chi connectivity index (χ1n) is 6.18. The lowest BCUT2D eigenvalue weighted by Crippen LogP contribution is -2.34. The van der Waals surface area contributed by atoms with Crippen LogP contribution in [-0.2, 0) is 21.8 Å². The molecule has 2 N–H and O–H groups in total. The summed E-state index contributed by atoms with van der Waals surface area (Å²) in [5.74, 6) is 1.05. The molecule has 1 aromatic rings. The van der Waals surface area contributed by atoms with E-state index in [9.17, 15) is 4.79 Å². The number of carbonyl (C=O) groups is 1. The number of aryl methyl sites for hydroxylation is 1. The predicted octanol–water partition coefficient (Wildman–Crippen LogP) is 1.42. The molecule has 1 aromatic heterocycles. The highest BCUT2D eigenvalue weighted by atomic mass is 32.2. The maximum absolute atomic E-state index is 11.3. The fourth-order valence-corrected chi connectivity index (χ4v) is 2.48. The highest BCUT2D eigenvalue weighted by Gasteiger charge is 2.14. The minimum Gasteiger partial charge on any atom is -0.465 e. The van der Waals surface area contributed by atoms with Gasteiger partial charge in [-0.25, -0.2) is 4.98 Å². The summed E-state index contributed by atoms with van der Waals surface area (Å²) in [5.41, 5.74) is 6.89. The Kier molecular flexibility index (Phi) is 6.82. The van der Waals surface area contributed by atoms with Gasteiger partial charge in [0.2, 0.25) is 0 Å². The Bertz CT molecular complexity index is 368. The summed E-state index contributed by atoms with van der Waals surface area (Å²) >= 11 is 1.63. The van der Waals surface area contributed by atoms with Gasteiger partial charge in [0, 0.05) is 29.9 Å². The number of thioether (sulfide) groups is 1. The average Bonchev–Trinajstić information content (AvgIpc) is 2.77. The molecule has 0 aliphatic carbocycles. The number of aromatic nitrogens is 2. The Balaban J connectivity index is 2.32. The van der Waals surface area contributed by atoms with E-state index in [2.05, 4.69) is 16.5 Å². The molecule has 0 saturated heterocycles. The largest absolute Gasteiger partial charge is 0.465 e. The second-order valence-electron chi connectivity index (χ2n) is 3.95. The van der Waals surface area contributed by atoms with Crippen molar-refractivity contribution in [1.29, 1.82) is 0 Å². The summed E-state index contributed by atoms with van der Waals surface area (Å²) in [6.07, 6.45) is 4.78. The number of nitrogens with zero attached hydrogens (tertiary/aromatic N) is 2. The summed E-state index contributed by atoms with van der Waals surface area (Å²) in [7, 11) is 0. The van der Waals surface area contributed by atoms with Crippen LogP contribution in [-0.4, -0.2) is 33.9 Å². The van der Waals surface area contributed by atoms with E-state index in [4.69, 9.17) is 10.5 Å². The SMILES string of the molecule is CCCn1cncc1CSCC(N)C(=O)OCC. The van der Waals surface area contributed by atoms with Gasteiger partial charge in [-0.05, 0) is 13.3 Å². The minimum atomic E-state index is -0.544. The fourth-order valence-electron chi connectivity index (χ4n) is 1.52. The molecule has 18 heavy (non-hydrogen) atoms. The minimum absolute atomic E-state index is 0.327. The van der Waals surface area contributed by atoms with Crippen LogP contribution < -0.4 is 5.73 Å². The molecule has 102 valence electrons. The molecule has 1 unspecified atom stereocenters. The number of hydrogen-bond donors (Lipinski definition) is 1. The number of rotatable bonds is 8. The van der Waals surface area contributed by atoms with Gasteiger partial charge in [-0.15, -0.1) is 0 Å². The van der Waals surface area contributed by atoms with Crippen molar-refractivity contribution >= 4 is 17.7 Å². The Morgan fingerprint density at radius 2 is 2.39 bits per heavy atom. The van der Waals surface area contributed by atoms with E-state index >= 15 is 0 Å². The Labute approximate surface area is 112 Å². The normalized spacial score (nSPS) is 12.4. The second kappa shape index (κ2) is 8.16. The highest BCUT2D eigenvalue weighted by Crippen LogP contribution is 2.13. The third kappa shape index (κ3) is 4.70. The summed E-state index contributed by atoms with van der Waals surface area (Å²) in [4.78, 5) is 15.5. The maximum atomic E-state index is 11.3. The number of hydrogen-bond acceptors (Lipinski definition) is 5. The lowest BCUT2D eigenvalue weighted by Gasteiger charge is -2.10. The zero-order chi connectivity index (χ0) is 13.4. The van der Waals surface area contributed by atoms with Crippen molar-refractivity contribution in [3.8, 4) is 0 Å². The molecule has 0 aliphatic heterocycles.